The number of fused-ring (bicyclic) bond motifs is 1. The Morgan fingerprint density at radius 1 is 0.846 bits per heavy atom. The summed E-state index contributed by atoms with van der Waals surface area (Å²) >= 11 is 0. The maximum Gasteiger partial charge on any atom is 0.285 e. The van der Waals surface area contributed by atoms with E-state index in [1.807, 2.05) is 0 Å². The predicted octanol–water partition coefficient (Wildman–Crippen LogP) is 3.59. The highest BCUT2D eigenvalue weighted by Crippen LogP contribution is 2.58. The molecule has 0 aromatic heterocycles. The van der Waals surface area contributed by atoms with Crippen molar-refractivity contribution in [3.05, 3.63) is 59.2 Å². The lowest BCUT2D eigenvalue weighted by Gasteiger charge is -2.27. The third kappa shape index (κ3) is 8.09. The number of methoxy groups -OCH3 is 2. The minimum Gasteiger partial charge on any atom is -0.464 e. The van der Waals surface area contributed by atoms with Crippen LogP contribution in [0.2, 0.25) is 0 Å². The molecule has 0 bridgehead atoms. The molecule has 12 nitrogen and oxygen atoms in total. The second-order valence-electron chi connectivity index (χ2n) is 8.42. The molecule has 0 saturated heterocycles. The Morgan fingerprint density at radius 3 is 1.95 bits per heavy atom. The van der Waals surface area contributed by atoms with Crippen LogP contribution in [0.1, 0.15) is 45.5 Å². The summed E-state index contributed by atoms with van der Waals surface area (Å²) in [5.74, 6) is -2.52. The number of imide groups is 1. The zero-order chi connectivity index (χ0) is 28.3. The van der Waals surface area contributed by atoms with E-state index in [4.69, 9.17) is 33.3 Å². The molecule has 13 heteroatoms. The molecule has 0 saturated carbocycles. The molecule has 2 unspecified atom stereocenters. The van der Waals surface area contributed by atoms with Gasteiger partial charge in [0, 0.05) is 20.4 Å². The fraction of sp³-hybridized carbons (Fsp3) is 0.462. The lowest BCUT2D eigenvalue weighted by molar-refractivity contribution is -0.110. The van der Waals surface area contributed by atoms with Crippen molar-refractivity contribution >= 4 is 19.2 Å². The number of carbonyl (C=O) groups is 2. The molecule has 2 amide bonds. The molecule has 2 aromatic rings. The SMILES string of the molecule is CCCP(=O)(O)C(ON1C(=O)c2ccccc2C1=O)c1ccc(OCOCCOC)c(OCOCCOC)c1. The van der Waals surface area contributed by atoms with E-state index < -0.39 is 25.0 Å². The standard InChI is InChI=1S/C26H34NO11P/c1-4-15-39(30,31)26(38-27-24(28)20-7-5-6-8-21(20)25(27)29)19-9-10-22(36-17-34-13-11-32-2)23(16-19)37-18-35-14-12-33-3/h5-10,16,26H,4,11-15,17-18H2,1-3H3,(H,30,31). The molecule has 0 aliphatic carbocycles. The van der Waals surface area contributed by atoms with Gasteiger partial charge in [-0.2, -0.15) is 0 Å². The van der Waals surface area contributed by atoms with E-state index in [0.717, 1.165) is 0 Å². The largest absolute Gasteiger partial charge is 0.464 e. The Bertz CT molecular complexity index is 1120. The Labute approximate surface area is 227 Å². The van der Waals surface area contributed by atoms with Gasteiger partial charge in [-0.25, -0.2) is 4.84 Å². The van der Waals surface area contributed by atoms with E-state index in [-0.39, 0.29) is 54.5 Å². The summed E-state index contributed by atoms with van der Waals surface area (Å²) < 4.78 is 45.5. The molecular weight excluding hydrogens is 533 g/mol. The van der Waals surface area contributed by atoms with Gasteiger partial charge in [0.2, 0.25) is 7.37 Å². The first kappa shape index (κ1) is 30.7. The monoisotopic (exact) mass is 567 g/mol. The molecule has 1 aliphatic rings. The highest BCUT2D eigenvalue weighted by Gasteiger charge is 2.43. The number of ether oxygens (including phenoxy) is 6. The molecule has 0 spiro atoms. The molecule has 2 atom stereocenters. The summed E-state index contributed by atoms with van der Waals surface area (Å²) in [7, 11) is -0.990. The van der Waals surface area contributed by atoms with Crippen LogP contribution in [0.4, 0.5) is 0 Å². The Balaban J connectivity index is 1.89. The molecule has 39 heavy (non-hydrogen) atoms. The second-order valence-corrected chi connectivity index (χ2v) is 10.8. The number of rotatable bonds is 18. The lowest BCUT2D eigenvalue weighted by atomic mass is 10.1. The van der Waals surface area contributed by atoms with Gasteiger partial charge in [-0.05, 0) is 36.2 Å². The first-order valence-electron chi connectivity index (χ1n) is 12.3. The van der Waals surface area contributed by atoms with Crippen molar-refractivity contribution in [1.82, 2.24) is 5.06 Å². The van der Waals surface area contributed by atoms with Crippen molar-refractivity contribution in [2.75, 3.05) is 60.4 Å². The Morgan fingerprint density at radius 2 is 1.41 bits per heavy atom. The van der Waals surface area contributed by atoms with Crippen LogP contribution in [-0.4, -0.2) is 82.2 Å². The van der Waals surface area contributed by atoms with Gasteiger partial charge in [-0.1, -0.05) is 25.1 Å². The summed E-state index contributed by atoms with van der Waals surface area (Å²) in [6, 6.07) is 10.7. The first-order valence-corrected chi connectivity index (χ1v) is 14.2. The van der Waals surface area contributed by atoms with E-state index in [9.17, 15) is 19.0 Å². The van der Waals surface area contributed by atoms with E-state index in [2.05, 4.69) is 0 Å². The molecule has 2 aromatic carbocycles. The normalized spacial score (nSPS) is 15.2. The van der Waals surface area contributed by atoms with Gasteiger partial charge >= 0.3 is 0 Å². The van der Waals surface area contributed by atoms with Gasteiger partial charge in [0.1, 0.15) is 0 Å². The number of amides is 2. The zero-order valence-corrected chi connectivity index (χ0v) is 23.1. The van der Waals surface area contributed by atoms with E-state index in [1.54, 1.807) is 33.3 Å². The van der Waals surface area contributed by atoms with Crippen LogP contribution in [0, 0.1) is 0 Å². The van der Waals surface area contributed by atoms with Gasteiger partial charge in [0.25, 0.3) is 11.8 Å². The summed E-state index contributed by atoms with van der Waals surface area (Å²) in [5, 5.41) is 0.538. The van der Waals surface area contributed by atoms with Crippen molar-refractivity contribution in [1.29, 1.82) is 0 Å². The average Bonchev–Trinajstić information content (AvgIpc) is 3.16. The first-order chi connectivity index (χ1) is 18.8. The van der Waals surface area contributed by atoms with Gasteiger partial charge < -0.3 is 33.3 Å². The van der Waals surface area contributed by atoms with Crippen molar-refractivity contribution < 1.29 is 52.3 Å². The minimum absolute atomic E-state index is 0.104. The summed E-state index contributed by atoms with van der Waals surface area (Å²) in [4.78, 5) is 42.5. The molecule has 1 aliphatic heterocycles. The fourth-order valence-electron chi connectivity index (χ4n) is 3.69. The minimum atomic E-state index is -4.09. The highest BCUT2D eigenvalue weighted by molar-refractivity contribution is 7.58. The number of hydroxylamine groups is 2. The van der Waals surface area contributed by atoms with Gasteiger partial charge in [-0.15, -0.1) is 5.06 Å². The molecule has 0 fully saturated rings. The average molecular weight is 568 g/mol. The van der Waals surface area contributed by atoms with E-state index in [0.29, 0.717) is 31.3 Å². The Hall–Kier alpha value is -2.83. The highest BCUT2D eigenvalue weighted by atomic mass is 31.2. The van der Waals surface area contributed by atoms with E-state index in [1.165, 1.54) is 30.3 Å². The van der Waals surface area contributed by atoms with Crippen molar-refractivity contribution in [2.24, 2.45) is 0 Å². The van der Waals surface area contributed by atoms with Crippen LogP contribution in [0.15, 0.2) is 42.5 Å². The number of nitrogens with zero attached hydrogens (tertiary/aromatic N) is 1. The van der Waals surface area contributed by atoms with Crippen LogP contribution >= 0.6 is 7.37 Å². The summed E-state index contributed by atoms with van der Waals surface area (Å²) in [5.41, 5.74) is 0.503. The molecule has 1 heterocycles. The fourth-order valence-corrected chi connectivity index (χ4v) is 5.43. The molecule has 1 N–H and O–H groups in total. The number of carbonyl (C=O) groups excluding carboxylic acids is 2. The van der Waals surface area contributed by atoms with Gasteiger partial charge in [0.15, 0.2) is 30.9 Å². The lowest BCUT2D eigenvalue weighted by Crippen LogP contribution is -2.32. The molecular formula is C26H34NO11P. The maximum absolute atomic E-state index is 13.4. The van der Waals surface area contributed by atoms with Crippen LogP contribution in [0.5, 0.6) is 11.5 Å². The van der Waals surface area contributed by atoms with Crippen molar-refractivity contribution in [3.8, 4) is 11.5 Å². The van der Waals surface area contributed by atoms with Crippen molar-refractivity contribution in [3.63, 3.8) is 0 Å². The van der Waals surface area contributed by atoms with Crippen LogP contribution in [0.3, 0.4) is 0 Å². The third-order valence-electron chi connectivity index (χ3n) is 5.58. The number of benzene rings is 2. The number of hydrogen-bond donors (Lipinski definition) is 1. The van der Waals surface area contributed by atoms with E-state index >= 15 is 0 Å². The number of hydrogen-bond acceptors (Lipinski definition) is 10. The van der Waals surface area contributed by atoms with Gasteiger partial charge in [0.05, 0.1) is 37.6 Å². The smallest absolute Gasteiger partial charge is 0.285 e. The van der Waals surface area contributed by atoms with Gasteiger partial charge in [-0.3, -0.25) is 14.2 Å². The topological polar surface area (TPSA) is 139 Å². The quantitative estimate of drug-likeness (QED) is 0.122. The summed E-state index contributed by atoms with van der Waals surface area (Å²) in [6.45, 7) is 2.82. The van der Waals surface area contributed by atoms with Crippen LogP contribution < -0.4 is 9.47 Å². The predicted molar refractivity (Wildman–Crippen MR) is 139 cm³/mol. The van der Waals surface area contributed by atoms with Crippen molar-refractivity contribution in [2.45, 2.75) is 19.2 Å². The van der Waals surface area contributed by atoms with Crippen LogP contribution in [0.25, 0.3) is 0 Å². The molecule has 0 radical (unpaired) electrons. The molecule has 3 rings (SSSR count). The Kier molecular flexibility index (Phi) is 11.9. The van der Waals surface area contributed by atoms with Crippen LogP contribution in [-0.2, 0) is 28.4 Å². The zero-order valence-electron chi connectivity index (χ0n) is 22.2. The summed E-state index contributed by atoms with van der Waals surface area (Å²) in [6.07, 6.45) is 0.259. The third-order valence-corrected chi connectivity index (χ3v) is 7.80. The maximum atomic E-state index is 13.4. The second kappa shape index (κ2) is 15.1. The molecule has 214 valence electrons.